The van der Waals surface area contributed by atoms with Crippen LogP contribution in [-0.4, -0.2) is 65.5 Å². The molecule has 6 heteroatoms. The lowest BCUT2D eigenvalue weighted by atomic mass is 9.97. The van der Waals surface area contributed by atoms with Gasteiger partial charge in [-0.1, -0.05) is 0 Å². The molecule has 6 nitrogen and oxygen atoms in total. The van der Waals surface area contributed by atoms with Gasteiger partial charge >= 0.3 is 0 Å². The predicted octanol–water partition coefficient (Wildman–Crippen LogP) is -0.833. The number of rotatable bonds is 3. The van der Waals surface area contributed by atoms with E-state index in [-0.39, 0.29) is 23.8 Å². The van der Waals surface area contributed by atoms with Gasteiger partial charge in [0.25, 0.3) is 0 Å². The van der Waals surface area contributed by atoms with Crippen molar-refractivity contribution in [3.8, 4) is 0 Å². The molecule has 0 saturated carbocycles. The van der Waals surface area contributed by atoms with Gasteiger partial charge in [0.15, 0.2) is 0 Å². The third kappa shape index (κ3) is 3.91. The Hall–Kier alpha value is -1.14. The molecule has 2 heterocycles. The first-order valence-corrected chi connectivity index (χ1v) is 7.04. The number of piperidine rings is 2. The average molecular weight is 269 g/mol. The summed E-state index contributed by atoms with van der Waals surface area (Å²) in [7, 11) is 0. The Morgan fingerprint density at radius 2 is 1.89 bits per heavy atom. The van der Waals surface area contributed by atoms with Gasteiger partial charge in [0.1, 0.15) is 0 Å². The number of likely N-dealkylation sites (tertiary alicyclic amines) is 2. The number of carbonyl (C=O) groups is 2. The minimum atomic E-state index is -0.318. The fraction of sp³-hybridized carbons (Fsp3) is 0.846. The van der Waals surface area contributed by atoms with Crippen LogP contribution in [-0.2, 0) is 9.59 Å². The van der Waals surface area contributed by atoms with Crippen LogP contribution >= 0.6 is 0 Å². The molecule has 2 rings (SSSR count). The van der Waals surface area contributed by atoms with Crippen molar-refractivity contribution >= 4 is 11.8 Å². The lowest BCUT2D eigenvalue weighted by Gasteiger charge is -2.35. The molecule has 3 N–H and O–H groups in total. The topological polar surface area (TPSA) is 86.9 Å². The highest BCUT2D eigenvalue weighted by Crippen LogP contribution is 2.17. The zero-order valence-electron chi connectivity index (χ0n) is 11.3. The minimum Gasteiger partial charge on any atom is -0.392 e. The molecule has 0 spiro atoms. The summed E-state index contributed by atoms with van der Waals surface area (Å²) in [6, 6.07) is 0. The molecular formula is C13H23N3O3. The van der Waals surface area contributed by atoms with Crippen molar-refractivity contribution in [2.24, 2.45) is 11.7 Å². The van der Waals surface area contributed by atoms with Gasteiger partial charge in [0.05, 0.1) is 18.6 Å². The largest absolute Gasteiger partial charge is 0.392 e. The van der Waals surface area contributed by atoms with Crippen molar-refractivity contribution in [3.05, 3.63) is 0 Å². The van der Waals surface area contributed by atoms with Crippen LogP contribution in [0.3, 0.4) is 0 Å². The molecule has 108 valence electrons. The SMILES string of the molecule is NC(=O)C1CCCN(C(=O)CN2CCCC(O)C2)C1. The van der Waals surface area contributed by atoms with E-state index in [0.717, 1.165) is 32.2 Å². The number of carbonyl (C=O) groups excluding carboxylic acids is 2. The lowest BCUT2D eigenvalue weighted by molar-refractivity contribution is -0.136. The van der Waals surface area contributed by atoms with Gasteiger partial charge in [-0.05, 0) is 32.2 Å². The van der Waals surface area contributed by atoms with Crippen LogP contribution in [0, 0.1) is 5.92 Å². The Balaban J connectivity index is 1.83. The highest BCUT2D eigenvalue weighted by Gasteiger charge is 2.28. The Morgan fingerprint density at radius 1 is 1.16 bits per heavy atom. The summed E-state index contributed by atoms with van der Waals surface area (Å²) < 4.78 is 0. The van der Waals surface area contributed by atoms with Crippen LogP contribution in [0.25, 0.3) is 0 Å². The number of β-amino-alcohol motifs (C(OH)–C–C–N with tert-alkyl or cyclic N) is 1. The van der Waals surface area contributed by atoms with E-state index < -0.39 is 0 Å². The van der Waals surface area contributed by atoms with Gasteiger partial charge in [0.2, 0.25) is 11.8 Å². The molecule has 0 bridgehead atoms. The molecule has 19 heavy (non-hydrogen) atoms. The van der Waals surface area contributed by atoms with Crippen LogP contribution in [0.2, 0.25) is 0 Å². The number of aliphatic hydroxyl groups excluding tert-OH is 1. The smallest absolute Gasteiger partial charge is 0.236 e. The third-order valence-corrected chi connectivity index (χ3v) is 4.02. The van der Waals surface area contributed by atoms with Crippen LogP contribution < -0.4 is 5.73 Å². The van der Waals surface area contributed by atoms with E-state index in [0.29, 0.717) is 26.2 Å². The molecule has 2 aliphatic rings. The second-order valence-electron chi connectivity index (χ2n) is 5.61. The monoisotopic (exact) mass is 269 g/mol. The maximum atomic E-state index is 12.2. The molecule has 2 amide bonds. The summed E-state index contributed by atoms with van der Waals surface area (Å²) in [5, 5.41) is 9.59. The van der Waals surface area contributed by atoms with Crippen molar-refractivity contribution < 1.29 is 14.7 Å². The first kappa shape index (κ1) is 14.3. The van der Waals surface area contributed by atoms with Gasteiger partial charge < -0.3 is 15.7 Å². The highest BCUT2D eigenvalue weighted by atomic mass is 16.3. The van der Waals surface area contributed by atoms with Crippen molar-refractivity contribution in [3.63, 3.8) is 0 Å². The predicted molar refractivity (Wildman–Crippen MR) is 70.2 cm³/mol. The van der Waals surface area contributed by atoms with Gasteiger partial charge in [0, 0.05) is 19.6 Å². The molecule has 0 aromatic rings. The summed E-state index contributed by atoms with van der Waals surface area (Å²) in [5.41, 5.74) is 5.31. The van der Waals surface area contributed by atoms with E-state index in [1.54, 1.807) is 4.90 Å². The summed E-state index contributed by atoms with van der Waals surface area (Å²) in [5.74, 6) is -0.476. The Bertz CT molecular complexity index is 348. The summed E-state index contributed by atoms with van der Waals surface area (Å²) >= 11 is 0. The normalized spacial score (nSPS) is 29.2. The van der Waals surface area contributed by atoms with Gasteiger partial charge in [-0.15, -0.1) is 0 Å². The fourth-order valence-electron chi connectivity index (χ4n) is 2.90. The Labute approximate surface area is 113 Å². The van der Waals surface area contributed by atoms with E-state index in [9.17, 15) is 14.7 Å². The number of aliphatic hydroxyl groups is 1. The van der Waals surface area contributed by atoms with Crippen LogP contribution in [0.1, 0.15) is 25.7 Å². The van der Waals surface area contributed by atoms with Crippen LogP contribution in [0.5, 0.6) is 0 Å². The van der Waals surface area contributed by atoms with E-state index in [4.69, 9.17) is 5.73 Å². The highest BCUT2D eigenvalue weighted by molar-refractivity contribution is 5.81. The molecule has 2 atom stereocenters. The minimum absolute atomic E-state index is 0.0417. The second-order valence-corrected chi connectivity index (χ2v) is 5.61. The van der Waals surface area contributed by atoms with Crippen LogP contribution in [0.4, 0.5) is 0 Å². The van der Waals surface area contributed by atoms with Crippen LogP contribution in [0.15, 0.2) is 0 Å². The number of nitrogens with two attached hydrogens (primary N) is 1. The Morgan fingerprint density at radius 3 is 2.58 bits per heavy atom. The van der Waals surface area contributed by atoms with E-state index in [1.165, 1.54) is 0 Å². The fourth-order valence-corrected chi connectivity index (χ4v) is 2.90. The zero-order valence-corrected chi connectivity index (χ0v) is 11.3. The molecule has 2 fully saturated rings. The van der Waals surface area contributed by atoms with Crippen molar-refractivity contribution in [1.29, 1.82) is 0 Å². The Kier molecular flexibility index (Phi) is 4.76. The standard InChI is InChI=1S/C13H23N3O3/c14-13(19)10-3-1-6-16(7-10)12(18)9-15-5-2-4-11(17)8-15/h10-11,17H,1-9H2,(H2,14,19). The van der Waals surface area contributed by atoms with Gasteiger partial charge in [-0.3, -0.25) is 14.5 Å². The van der Waals surface area contributed by atoms with Gasteiger partial charge in [-0.2, -0.15) is 0 Å². The molecule has 2 saturated heterocycles. The average Bonchev–Trinajstić information content (AvgIpc) is 2.39. The number of primary amides is 1. The maximum absolute atomic E-state index is 12.2. The second kappa shape index (κ2) is 6.34. The van der Waals surface area contributed by atoms with E-state index in [1.807, 2.05) is 4.90 Å². The molecule has 0 aromatic heterocycles. The first-order valence-electron chi connectivity index (χ1n) is 7.04. The summed E-state index contributed by atoms with van der Waals surface area (Å²) in [6.45, 7) is 2.92. The summed E-state index contributed by atoms with van der Waals surface area (Å²) in [6.07, 6.45) is 3.04. The lowest BCUT2D eigenvalue weighted by Crippen LogP contribution is -2.49. The molecule has 2 aliphatic heterocycles. The first-order chi connectivity index (χ1) is 9.06. The quantitative estimate of drug-likeness (QED) is 0.700. The third-order valence-electron chi connectivity index (χ3n) is 4.02. The molecular weight excluding hydrogens is 246 g/mol. The summed E-state index contributed by atoms with van der Waals surface area (Å²) in [4.78, 5) is 27.1. The molecule has 0 radical (unpaired) electrons. The van der Waals surface area contributed by atoms with Crippen molar-refractivity contribution in [1.82, 2.24) is 9.80 Å². The number of hydrogen-bond donors (Lipinski definition) is 2. The van der Waals surface area contributed by atoms with Crippen molar-refractivity contribution in [2.75, 3.05) is 32.7 Å². The molecule has 2 unspecified atom stereocenters. The van der Waals surface area contributed by atoms with Gasteiger partial charge in [-0.25, -0.2) is 0 Å². The zero-order chi connectivity index (χ0) is 13.8. The number of nitrogens with zero attached hydrogens (tertiary/aromatic N) is 2. The maximum Gasteiger partial charge on any atom is 0.236 e. The number of hydrogen-bond acceptors (Lipinski definition) is 4. The molecule has 0 aromatic carbocycles. The van der Waals surface area contributed by atoms with Crippen molar-refractivity contribution in [2.45, 2.75) is 31.8 Å². The number of amides is 2. The van der Waals surface area contributed by atoms with E-state index in [2.05, 4.69) is 0 Å². The van der Waals surface area contributed by atoms with E-state index >= 15 is 0 Å². The molecule has 0 aliphatic carbocycles.